The van der Waals surface area contributed by atoms with Crippen molar-refractivity contribution in [2.24, 2.45) is 0 Å². The van der Waals surface area contributed by atoms with Crippen LogP contribution < -0.4 is 10.1 Å². The molecule has 3 aromatic carbocycles. The molecular weight excluding hydrogens is 485 g/mol. The Morgan fingerprint density at radius 3 is 2.30 bits per heavy atom. The lowest BCUT2D eigenvalue weighted by Crippen LogP contribution is -2.26. The summed E-state index contributed by atoms with van der Waals surface area (Å²) in [7, 11) is 2.78. The van der Waals surface area contributed by atoms with Crippen LogP contribution in [-0.4, -0.2) is 31.1 Å². The summed E-state index contributed by atoms with van der Waals surface area (Å²) in [6.07, 6.45) is -4.44. The number of carbonyl (C=O) groups excluding carboxylic acids is 2. The van der Waals surface area contributed by atoms with Gasteiger partial charge in [0.1, 0.15) is 5.75 Å². The number of nitrogens with one attached hydrogen (secondary N) is 1. The van der Waals surface area contributed by atoms with E-state index in [4.69, 9.17) is 9.47 Å². The van der Waals surface area contributed by atoms with E-state index in [0.29, 0.717) is 39.0 Å². The number of alkyl halides is 3. The maximum absolute atomic E-state index is 13.0. The normalized spacial score (nSPS) is 12.2. The quantitative estimate of drug-likeness (QED) is 0.314. The molecule has 1 aromatic heterocycles. The van der Waals surface area contributed by atoms with Crippen molar-refractivity contribution in [2.75, 3.05) is 14.2 Å². The van der Waals surface area contributed by atoms with Gasteiger partial charge in [0.2, 0.25) is 0 Å². The van der Waals surface area contributed by atoms with E-state index in [1.165, 1.54) is 26.4 Å². The number of benzene rings is 3. The van der Waals surface area contributed by atoms with Crippen LogP contribution >= 0.6 is 0 Å². The molecule has 0 saturated carbocycles. The highest BCUT2D eigenvalue weighted by molar-refractivity contribution is 5.99. The number of ether oxygens (including phenoxy) is 2. The van der Waals surface area contributed by atoms with E-state index < -0.39 is 23.8 Å². The molecule has 1 N–H and O–H groups in total. The summed E-state index contributed by atoms with van der Waals surface area (Å²) >= 11 is 0. The van der Waals surface area contributed by atoms with Gasteiger partial charge in [-0.1, -0.05) is 24.3 Å². The number of nitrogens with zero attached hydrogens (tertiary/aromatic N) is 1. The Bertz CT molecular complexity index is 1470. The molecule has 190 valence electrons. The second kappa shape index (κ2) is 10.3. The largest absolute Gasteiger partial charge is 0.496 e. The number of methoxy groups -OCH3 is 2. The second-order valence-electron chi connectivity index (χ2n) is 8.33. The SMILES string of the molecule is COC(=O)c1cccc([C@H](C)NC(=O)c2ccc3c(OC)cc(-c4ccc(C(F)(F)F)cc4)nc3c2)c1. The Hall–Kier alpha value is -4.40. The van der Waals surface area contributed by atoms with Gasteiger partial charge in [-0.15, -0.1) is 0 Å². The summed E-state index contributed by atoms with van der Waals surface area (Å²) in [5.41, 5.74) is 2.00. The highest BCUT2D eigenvalue weighted by Gasteiger charge is 2.30. The first-order valence-corrected chi connectivity index (χ1v) is 11.3. The van der Waals surface area contributed by atoms with Gasteiger partial charge in [-0.3, -0.25) is 4.79 Å². The highest BCUT2D eigenvalue weighted by atomic mass is 19.4. The third-order valence-electron chi connectivity index (χ3n) is 5.92. The maximum atomic E-state index is 13.0. The number of pyridine rings is 1. The molecule has 0 spiro atoms. The lowest BCUT2D eigenvalue weighted by Gasteiger charge is -2.16. The predicted octanol–water partition coefficient (Wildman–Crippen LogP) is 6.21. The molecule has 0 unspecified atom stereocenters. The minimum absolute atomic E-state index is 0.336. The molecule has 1 heterocycles. The minimum Gasteiger partial charge on any atom is -0.496 e. The van der Waals surface area contributed by atoms with Crippen LogP contribution in [-0.2, 0) is 10.9 Å². The number of esters is 1. The Morgan fingerprint density at radius 1 is 0.919 bits per heavy atom. The minimum atomic E-state index is -4.44. The molecule has 0 aliphatic rings. The Kier molecular flexibility index (Phi) is 7.15. The molecular formula is C28H23F3N2O4. The summed E-state index contributed by atoms with van der Waals surface area (Å²) in [6.45, 7) is 1.79. The number of carbonyl (C=O) groups is 2. The van der Waals surface area contributed by atoms with E-state index in [0.717, 1.165) is 17.7 Å². The van der Waals surface area contributed by atoms with Crippen LogP contribution in [0.25, 0.3) is 22.2 Å². The van der Waals surface area contributed by atoms with Crippen LogP contribution in [0.3, 0.4) is 0 Å². The zero-order valence-corrected chi connectivity index (χ0v) is 20.2. The maximum Gasteiger partial charge on any atom is 0.416 e. The van der Waals surface area contributed by atoms with Crippen molar-refractivity contribution < 1.29 is 32.2 Å². The average molecular weight is 508 g/mol. The Balaban J connectivity index is 1.63. The van der Waals surface area contributed by atoms with Crippen LogP contribution in [0.1, 0.15) is 44.8 Å². The number of halogens is 3. The number of rotatable bonds is 6. The van der Waals surface area contributed by atoms with Gasteiger partial charge in [0.15, 0.2) is 0 Å². The summed E-state index contributed by atoms with van der Waals surface area (Å²) in [5, 5.41) is 3.55. The molecule has 1 atom stereocenters. The first-order valence-electron chi connectivity index (χ1n) is 11.3. The smallest absolute Gasteiger partial charge is 0.416 e. The first-order chi connectivity index (χ1) is 17.6. The first kappa shape index (κ1) is 25.7. The summed E-state index contributed by atoms with van der Waals surface area (Å²) in [5.74, 6) is -0.364. The number of aromatic nitrogens is 1. The van der Waals surface area contributed by atoms with Crippen LogP contribution in [0.5, 0.6) is 5.75 Å². The van der Waals surface area contributed by atoms with Gasteiger partial charge < -0.3 is 14.8 Å². The van der Waals surface area contributed by atoms with E-state index in [1.807, 2.05) is 0 Å². The van der Waals surface area contributed by atoms with Crippen LogP contribution in [0.15, 0.2) is 72.8 Å². The van der Waals surface area contributed by atoms with Crippen LogP contribution in [0.4, 0.5) is 13.2 Å². The zero-order chi connectivity index (χ0) is 26.7. The van der Waals surface area contributed by atoms with Gasteiger partial charge in [0.05, 0.1) is 42.6 Å². The zero-order valence-electron chi connectivity index (χ0n) is 20.2. The number of fused-ring (bicyclic) bond motifs is 1. The fourth-order valence-electron chi connectivity index (χ4n) is 3.90. The molecule has 0 fully saturated rings. The van der Waals surface area contributed by atoms with Crippen molar-refractivity contribution in [1.29, 1.82) is 0 Å². The molecule has 9 heteroatoms. The van der Waals surface area contributed by atoms with Crippen molar-refractivity contribution in [3.05, 3.63) is 95.1 Å². The van der Waals surface area contributed by atoms with E-state index in [1.54, 1.807) is 55.5 Å². The monoisotopic (exact) mass is 508 g/mol. The van der Waals surface area contributed by atoms with Gasteiger partial charge in [0.25, 0.3) is 5.91 Å². The standard InChI is InChI=1S/C28H23F3N2O4/c1-16(18-5-4-6-20(13-18)27(35)37-3)32-26(34)19-9-12-22-24(14-19)33-23(15-25(22)36-2)17-7-10-21(11-8-17)28(29,30)31/h4-16H,1-3H3,(H,32,34)/t16-/m0/s1. The second-order valence-corrected chi connectivity index (χ2v) is 8.33. The lowest BCUT2D eigenvalue weighted by atomic mass is 10.0. The molecule has 1 amide bonds. The van der Waals surface area contributed by atoms with E-state index >= 15 is 0 Å². The molecule has 4 aromatic rings. The number of hydrogen-bond acceptors (Lipinski definition) is 5. The van der Waals surface area contributed by atoms with Crippen LogP contribution in [0, 0.1) is 0 Å². The fraction of sp³-hybridized carbons (Fsp3) is 0.179. The molecule has 37 heavy (non-hydrogen) atoms. The van der Waals surface area contributed by atoms with Crippen molar-refractivity contribution in [3.63, 3.8) is 0 Å². The summed E-state index contributed by atoms with van der Waals surface area (Å²) in [4.78, 5) is 29.4. The summed E-state index contributed by atoms with van der Waals surface area (Å²) in [6, 6.07) is 17.6. The summed E-state index contributed by atoms with van der Waals surface area (Å²) < 4.78 is 49.1. The number of hydrogen-bond donors (Lipinski definition) is 1. The Labute approximate surface area is 211 Å². The van der Waals surface area contributed by atoms with Crippen molar-refractivity contribution in [2.45, 2.75) is 19.1 Å². The molecule has 0 saturated heterocycles. The average Bonchev–Trinajstić information content (AvgIpc) is 2.91. The van der Waals surface area contributed by atoms with Gasteiger partial charge in [-0.2, -0.15) is 13.2 Å². The van der Waals surface area contributed by atoms with Crippen molar-refractivity contribution >= 4 is 22.8 Å². The van der Waals surface area contributed by atoms with Gasteiger partial charge in [0, 0.05) is 22.6 Å². The highest BCUT2D eigenvalue weighted by Crippen LogP contribution is 2.33. The topological polar surface area (TPSA) is 77.5 Å². The van der Waals surface area contributed by atoms with Gasteiger partial charge in [-0.05, 0) is 55.0 Å². The molecule has 0 aliphatic carbocycles. The lowest BCUT2D eigenvalue weighted by molar-refractivity contribution is -0.137. The van der Waals surface area contributed by atoms with E-state index in [2.05, 4.69) is 10.3 Å². The van der Waals surface area contributed by atoms with Crippen molar-refractivity contribution in [1.82, 2.24) is 10.3 Å². The molecule has 0 bridgehead atoms. The molecule has 6 nitrogen and oxygen atoms in total. The predicted molar refractivity (Wildman–Crippen MR) is 132 cm³/mol. The fourth-order valence-corrected chi connectivity index (χ4v) is 3.90. The number of amides is 1. The van der Waals surface area contributed by atoms with Crippen molar-refractivity contribution in [3.8, 4) is 17.0 Å². The third kappa shape index (κ3) is 5.55. The van der Waals surface area contributed by atoms with Gasteiger partial charge >= 0.3 is 12.1 Å². The van der Waals surface area contributed by atoms with Crippen LogP contribution in [0.2, 0.25) is 0 Å². The van der Waals surface area contributed by atoms with E-state index in [-0.39, 0.29) is 5.91 Å². The van der Waals surface area contributed by atoms with Gasteiger partial charge in [-0.25, -0.2) is 9.78 Å². The van der Waals surface area contributed by atoms with E-state index in [9.17, 15) is 22.8 Å². The Morgan fingerprint density at radius 2 is 1.65 bits per heavy atom. The molecule has 0 radical (unpaired) electrons. The molecule has 0 aliphatic heterocycles. The molecule has 4 rings (SSSR count). The third-order valence-corrected chi connectivity index (χ3v) is 5.92.